The molecular formula is C28H31N5O3S. The van der Waals surface area contributed by atoms with Crippen LogP contribution in [-0.2, 0) is 20.9 Å². The number of nitrogens with one attached hydrogen (secondary N) is 1. The van der Waals surface area contributed by atoms with Gasteiger partial charge in [-0.1, -0.05) is 49.4 Å². The Labute approximate surface area is 220 Å². The van der Waals surface area contributed by atoms with Gasteiger partial charge in [0.05, 0.1) is 11.6 Å². The second-order valence-corrected chi connectivity index (χ2v) is 10.5. The zero-order valence-corrected chi connectivity index (χ0v) is 21.9. The van der Waals surface area contributed by atoms with Crippen molar-refractivity contribution in [2.24, 2.45) is 0 Å². The minimum Gasteiger partial charge on any atom is -0.376 e. The van der Waals surface area contributed by atoms with Crippen LogP contribution in [0.1, 0.15) is 49.1 Å². The van der Waals surface area contributed by atoms with Crippen molar-refractivity contribution >= 4 is 39.9 Å². The third-order valence-corrected chi connectivity index (χ3v) is 7.58. The van der Waals surface area contributed by atoms with Crippen molar-refractivity contribution in [3.8, 4) is 0 Å². The Morgan fingerprint density at radius 1 is 1.14 bits per heavy atom. The van der Waals surface area contributed by atoms with Gasteiger partial charge >= 0.3 is 0 Å². The lowest BCUT2D eigenvalue weighted by molar-refractivity contribution is -0.127. The van der Waals surface area contributed by atoms with Crippen LogP contribution in [0.15, 0.2) is 66.0 Å². The van der Waals surface area contributed by atoms with Gasteiger partial charge in [-0.05, 0) is 60.0 Å². The first-order chi connectivity index (χ1) is 18.0. The molecule has 1 aliphatic heterocycles. The molecule has 0 aliphatic carbocycles. The maximum absolute atomic E-state index is 14.0. The summed E-state index contributed by atoms with van der Waals surface area (Å²) in [6.07, 6.45) is 1.92. The van der Waals surface area contributed by atoms with Crippen LogP contribution >= 0.6 is 11.3 Å². The van der Waals surface area contributed by atoms with Crippen LogP contribution in [0.3, 0.4) is 0 Å². The van der Waals surface area contributed by atoms with Gasteiger partial charge in [0, 0.05) is 23.7 Å². The standard InChI is InChI=1S/C28H31N5O3S/c1-19(2)20-11-13-21(14-12-20)33(26(34)18-32-24-9-4-3-8-23(24)30-31-32)27(25-10-6-16-37-25)28(35)29-17-22-7-5-15-36-22/h3-4,6,8-14,16,19,22,27H,5,7,15,17-18H2,1-2H3,(H,29,35)/t22-,27-/m0/s1. The molecule has 1 N–H and O–H groups in total. The summed E-state index contributed by atoms with van der Waals surface area (Å²) in [6.45, 7) is 5.34. The molecule has 0 radical (unpaired) electrons. The third-order valence-electron chi connectivity index (χ3n) is 6.66. The van der Waals surface area contributed by atoms with E-state index in [1.807, 2.05) is 66.0 Å². The van der Waals surface area contributed by atoms with E-state index in [0.717, 1.165) is 28.8 Å². The Balaban J connectivity index is 1.50. The first kappa shape index (κ1) is 25.1. The average molecular weight is 518 g/mol. The SMILES string of the molecule is CC(C)c1ccc(N(C(=O)Cn2nnc3ccccc32)[C@H](C(=O)NC[C@@H]2CCCO2)c2cccs2)cc1. The van der Waals surface area contributed by atoms with E-state index in [4.69, 9.17) is 4.74 Å². The zero-order chi connectivity index (χ0) is 25.8. The summed E-state index contributed by atoms with van der Waals surface area (Å²) >= 11 is 1.46. The number of amides is 2. The Bertz CT molecular complexity index is 1340. The average Bonchev–Trinajstić information content (AvgIpc) is 3.69. The number of para-hydroxylation sites is 1. The number of anilines is 1. The summed E-state index contributed by atoms with van der Waals surface area (Å²) in [6, 6.07) is 18.4. The molecule has 5 rings (SSSR count). The number of thiophene rings is 1. The number of fused-ring (bicyclic) bond motifs is 1. The quantitative estimate of drug-likeness (QED) is 0.348. The molecule has 2 atom stereocenters. The fourth-order valence-corrected chi connectivity index (χ4v) is 5.45. The molecule has 37 heavy (non-hydrogen) atoms. The molecule has 9 heteroatoms. The number of hydrogen-bond acceptors (Lipinski definition) is 6. The molecular weight excluding hydrogens is 486 g/mol. The van der Waals surface area contributed by atoms with E-state index >= 15 is 0 Å². The summed E-state index contributed by atoms with van der Waals surface area (Å²) in [5.41, 5.74) is 3.30. The maximum atomic E-state index is 14.0. The maximum Gasteiger partial charge on any atom is 0.249 e. The van der Waals surface area contributed by atoms with Crippen molar-refractivity contribution in [2.75, 3.05) is 18.1 Å². The third kappa shape index (κ3) is 5.57. The highest BCUT2D eigenvalue weighted by molar-refractivity contribution is 7.10. The first-order valence-electron chi connectivity index (χ1n) is 12.6. The van der Waals surface area contributed by atoms with Crippen LogP contribution in [0, 0.1) is 0 Å². The molecule has 2 aromatic heterocycles. The predicted molar refractivity (Wildman–Crippen MR) is 145 cm³/mol. The summed E-state index contributed by atoms with van der Waals surface area (Å²) in [7, 11) is 0. The highest BCUT2D eigenvalue weighted by Gasteiger charge is 2.34. The molecule has 8 nitrogen and oxygen atoms in total. The number of ether oxygens (including phenoxy) is 1. The number of nitrogens with zero attached hydrogens (tertiary/aromatic N) is 4. The highest BCUT2D eigenvalue weighted by Crippen LogP contribution is 2.32. The van der Waals surface area contributed by atoms with Crippen molar-refractivity contribution < 1.29 is 14.3 Å². The van der Waals surface area contributed by atoms with Gasteiger partial charge in [0.2, 0.25) is 11.8 Å². The minimum atomic E-state index is -0.825. The molecule has 1 fully saturated rings. The van der Waals surface area contributed by atoms with E-state index in [1.54, 1.807) is 9.58 Å². The van der Waals surface area contributed by atoms with E-state index in [9.17, 15) is 9.59 Å². The molecule has 192 valence electrons. The molecule has 2 amide bonds. The van der Waals surface area contributed by atoms with Crippen LogP contribution in [0.5, 0.6) is 0 Å². The van der Waals surface area contributed by atoms with Crippen molar-refractivity contribution in [1.82, 2.24) is 20.3 Å². The molecule has 0 saturated carbocycles. The molecule has 0 bridgehead atoms. The molecule has 1 aliphatic rings. The predicted octanol–water partition coefficient (Wildman–Crippen LogP) is 4.69. The highest BCUT2D eigenvalue weighted by atomic mass is 32.1. The smallest absolute Gasteiger partial charge is 0.249 e. The van der Waals surface area contributed by atoms with Gasteiger partial charge in [-0.15, -0.1) is 16.4 Å². The normalized spacial score (nSPS) is 16.2. The van der Waals surface area contributed by atoms with Crippen LogP contribution in [-0.4, -0.2) is 46.1 Å². The summed E-state index contributed by atoms with van der Waals surface area (Å²) in [5.74, 6) is -0.135. The number of aromatic nitrogens is 3. The van der Waals surface area contributed by atoms with E-state index < -0.39 is 6.04 Å². The van der Waals surface area contributed by atoms with Gasteiger partial charge < -0.3 is 10.1 Å². The Hall–Kier alpha value is -3.56. The Morgan fingerprint density at radius 3 is 2.65 bits per heavy atom. The largest absolute Gasteiger partial charge is 0.376 e. The van der Waals surface area contributed by atoms with Crippen molar-refractivity contribution in [3.63, 3.8) is 0 Å². The van der Waals surface area contributed by atoms with Crippen LogP contribution in [0.25, 0.3) is 11.0 Å². The van der Waals surface area contributed by atoms with Crippen molar-refractivity contribution in [1.29, 1.82) is 0 Å². The van der Waals surface area contributed by atoms with Crippen LogP contribution < -0.4 is 10.2 Å². The number of carbonyl (C=O) groups is 2. The zero-order valence-electron chi connectivity index (χ0n) is 21.0. The monoisotopic (exact) mass is 517 g/mol. The lowest BCUT2D eigenvalue weighted by atomic mass is 10.0. The molecule has 4 aromatic rings. The summed E-state index contributed by atoms with van der Waals surface area (Å²) < 4.78 is 7.29. The lowest BCUT2D eigenvalue weighted by Gasteiger charge is -2.31. The van der Waals surface area contributed by atoms with Gasteiger partial charge in [0.15, 0.2) is 0 Å². The van der Waals surface area contributed by atoms with Crippen molar-refractivity contribution in [3.05, 3.63) is 76.5 Å². The number of benzene rings is 2. The first-order valence-corrected chi connectivity index (χ1v) is 13.5. The van der Waals surface area contributed by atoms with E-state index in [1.165, 1.54) is 11.3 Å². The Kier molecular flexibility index (Phi) is 7.62. The molecule has 1 saturated heterocycles. The lowest BCUT2D eigenvalue weighted by Crippen LogP contribution is -2.46. The molecule has 0 unspecified atom stereocenters. The topological polar surface area (TPSA) is 89.4 Å². The van der Waals surface area contributed by atoms with E-state index in [-0.39, 0.29) is 24.5 Å². The molecule has 3 heterocycles. The van der Waals surface area contributed by atoms with Gasteiger partial charge in [-0.2, -0.15) is 0 Å². The van der Waals surface area contributed by atoms with Crippen molar-refractivity contribution in [2.45, 2.75) is 51.3 Å². The van der Waals surface area contributed by atoms with Gasteiger partial charge in [0.1, 0.15) is 18.1 Å². The fourth-order valence-electron chi connectivity index (χ4n) is 4.63. The minimum absolute atomic E-state index is 0.00363. The van der Waals surface area contributed by atoms with E-state index in [2.05, 4.69) is 29.5 Å². The molecule has 0 spiro atoms. The number of carbonyl (C=O) groups excluding carboxylic acids is 2. The second kappa shape index (κ2) is 11.2. The fraction of sp³-hybridized carbons (Fsp3) is 0.357. The number of rotatable bonds is 9. The summed E-state index contributed by atoms with van der Waals surface area (Å²) in [5, 5.41) is 13.4. The van der Waals surface area contributed by atoms with Crippen LogP contribution in [0.2, 0.25) is 0 Å². The van der Waals surface area contributed by atoms with Gasteiger partial charge in [0.25, 0.3) is 0 Å². The van der Waals surface area contributed by atoms with Gasteiger partial charge in [-0.3, -0.25) is 14.5 Å². The van der Waals surface area contributed by atoms with Crippen LogP contribution in [0.4, 0.5) is 5.69 Å². The number of hydrogen-bond donors (Lipinski definition) is 1. The second-order valence-electron chi connectivity index (χ2n) is 9.54. The van der Waals surface area contributed by atoms with E-state index in [0.29, 0.717) is 30.3 Å². The Morgan fingerprint density at radius 2 is 1.95 bits per heavy atom. The van der Waals surface area contributed by atoms with Gasteiger partial charge in [-0.25, -0.2) is 4.68 Å². The summed E-state index contributed by atoms with van der Waals surface area (Å²) in [4.78, 5) is 30.1. The molecule has 2 aromatic carbocycles.